The number of aliphatic hydroxyl groups excluding tert-OH is 5. The van der Waals surface area contributed by atoms with Gasteiger partial charge >= 0.3 is 0 Å². The standard InChI is InChI=1S/C30H29Cl2N5O6/c31-18-8-4-15(5-9-18)12-17-2-1-3-20-23(16-6-10-19(32)11-7-16)24-28(34-25(17)20)35-30(36-29(24)43)37-33-13-21(39)26(41)27(42)22(40)14-38/h4-13,21-22,26-27,38-42H,1-3,14H2,(H2,34,35,36,37,43)/b17-12+,33-13+/t21-,22+,26+,27+/m0/s1. The first-order chi connectivity index (χ1) is 20.7. The third-order valence-electron chi connectivity index (χ3n) is 7.16. The third-order valence-corrected chi connectivity index (χ3v) is 7.66. The van der Waals surface area contributed by atoms with E-state index in [0.717, 1.165) is 47.0 Å². The summed E-state index contributed by atoms with van der Waals surface area (Å²) < 4.78 is 0. The summed E-state index contributed by atoms with van der Waals surface area (Å²) in [5.74, 6) is -0.0834. The molecule has 224 valence electrons. The Bertz CT molecular complexity index is 1730. The summed E-state index contributed by atoms with van der Waals surface area (Å²) in [5.41, 5.74) is 7.27. The Balaban J connectivity index is 1.58. The molecule has 0 saturated heterocycles. The van der Waals surface area contributed by atoms with E-state index in [1.54, 1.807) is 12.1 Å². The van der Waals surface area contributed by atoms with Crippen LogP contribution < -0.4 is 11.0 Å². The number of hydrazone groups is 1. The summed E-state index contributed by atoms with van der Waals surface area (Å²) in [7, 11) is 0. The summed E-state index contributed by atoms with van der Waals surface area (Å²) in [6.07, 6.45) is -1.79. The number of hydrogen-bond donors (Lipinski definition) is 7. The molecule has 0 fully saturated rings. The predicted octanol–water partition coefficient (Wildman–Crippen LogP) is 3.00. The lowest BCUT2D eigenvalue weighted by Crippen LogP contribution is -2.46. The van der Waals surface area contributed by atoms with Gasteiger partial charge in [0.05, 0.1) is 23.9 Å². The molecule has 5 rings (SSSR count). The number of H-pyrrole nitrogens is 1. The Kier molecular flexibility index (Phi) is 9.52. The minimum atomic E-state index is -1.84. The van der Waals surface area contributed by atoms with Crippen LogP contribution in [0.4, 0.5) is 5.95 Å². The molecule has 4 aromatic rings. The van der Waals surface area contributed by atoms with Crippen LogP contribution in [0.3, 0.4) is 0 Å². The average molecular weight is 626 g/mol. The Morgan fingerprint density at radius 3 is 2.30 bits per heavy atom. The summed E-state index contributed by atoms with van der Waals surface area (Å²) in [6.45, 7) is -0.812. The van der Waals surface area contributed by atoms with Gasteiger partial charge in [-0.15, -0.1) is 0 Å². The second-order valence-corrected chi connectivity index (χ2v) is 11.0. The van der Waals surface area contributed by atoms with Crippen molar-refractivity contribution in [1.82, 2.24) is 15.0 Å². The van der Waals surface area contributed by atoms with Crippen molar-refractivity contribution in [2.24, 2.45) is 5.10 Å². The van der Waals surface area contributed by atoms with Gasteiger partial charge in [0.1, 0.15) is 24.4 Å². The minimum Gasteiger partial charge on any atom is -0.394 e. The van der Waals surface area contributed by atoms with Crippen molar-refractivity contribution in [1.29, 1.82) is 0 Å². The molecule has 0 bridgehead atoms. The molecule has 13 heteroatoms. The number of pyridine rings is 1. The summed E-state index contributed by atoms with van der Waals surface area (Å²) in [4.78, 5) is 25.5. The van der Waals surface area contributed by atoms with Crippen LogP contribution in [0.25, 0.3) is 33.8 Å². The average Bonchev–Trinajstić information content (AvgIpc) is 3.00. The Labute approximate surface area is 255 Å². The van der Waals surface area contributed by atoms with Crippen molar-refractivity contribution < 1.29 is 25.5 Å². The topological polar surface area (TPSA) is 184 Å². The predicted molar refractivity (Wildman–Crippen MR) is 166 cm³/mol. The first-order valence-corrected chi connectivity index (χ1v) is 14.2. The van der Waals surface area contributed by atoms with Crippen LogP contribution >= 0.6 is 23.2 Å². The zero-order valence-electron chi connectivity index (χ0n) is 22.7. The number of allylic oxidation sites excluding steroid dienone is 1. The maximum atomic E-state index is 13.5. The van der Waals surface area contributed by atoms with Crippen LogP contribution in [0.15, 0.2) is 58.4 Å². The molecule has 2 heterocycles. The molecular weight excluding hydrogens is 597 g/mol. The van der Waals surface area contributed by atoms with Crippen LogP contribution in [0, 0.1) is 0 Å². The van der Waals surface area contributed by atoms with Crippen molar-refractivity contribution in [3.63, 3.8) is 0 Å². The quantitative estimate of drug-likeness (QED) is 0.108. The molecule has 2 aromatic heterocycles. The molecule has 0 unspecified atom stereocenters. The zero-order chi connectivity index (χ0) is 30.7. The number of halogens is 2. The van der Waals surface area contributed by atoms with Crippen molar-refractivity contribution in [2.45, 2.75) is 43.7 Å². The molecular formula is C30H29Cl2N5O6. The van der Waals surface area contributed by atoms with Crippen molar-refractivity contribution >= 4 is 58.0 Å². The third kappa shape index (κ3) is 6.78. The number of benzene rings is 2. The fraction of sp³-hybridized carbons (Fsp3) is 0.267. The lowest BCUT2D eigenvalue weighted by Gasteiger charge is -2.23. The number of rotatable bonds is 9. The number of nitrogens with zero attached hydrogens (tertiary/aromatic N) is 3. The molecule has 2 aromatic carbocycles. The lowest BCUT2D eigenvalue weighted by atomic mass is 9.84. The molecule has 0 amide bonds. The van der Waals surface area contributed by atoms with Gasteiger partial charge in [-0.05, 0) is 71.9 Å². The molecule has 4 atom stereocenters. The number of fused-ring (bicyclic) bond motifs is 2. The molecule has 1 aliphatic carbocycles. The van der Waals surface area contributed by atoms with Crippen LogP contribution in [-0.4, -0.2) is 77.7 Å². The highest BCUT2D eigenvalue weighted by molar-refractivity contribution is 6.31. The maximum absolute atomic E-state index is 13.5. The van der Waals surface area contributed by atoms with Gasteiger partial charge in [0.15, 0.2) is 5.65 Å². The van der Waals surface area contributed by atoms with Gasteiger partial charge < -0.3 is 25.5 Å². The van der Waals surface area contributed by atoms with Crippen LogP contribution in [-0.2, 0) is 6.42 Å². The van der Waals surface area contributed by atoms with E-state index in [1.807, 2.05) is 42.5 Å². The first kappa shape index (κ1) is 30.8. The molecule has 43 heavy (non-hydrogen) atoms. The van der Waals surface area contributed by atoms with Gasteiger partial charge in [-0.1, -0.05) is 47.5 Å². The molecule has 7 N–H and O–H groups in total. The van der Waals surface area contributed by atoms with Crippen LogP contribution in [0.2, 0.25) is 10.0 Å². The number of aromatic nitrogens is 3. The van der Waals surface area contributed by atoms with Crippen LogP contribution in [0.5, 0.6) is 0 Å². The molecule has 0 radical (unpaired) electrons. The zero-order valence-corrected chi connectivity index (χ0v) is 24.2. The molecule has 1 aliphatic rings. The fourth-order valence-corrected chi connectivity index (χ4v) is 5.23. The van der Waals surface area contributed by atoms with E-state index in [1.165, 1.54) is 0 Å². The Morgan fingerprint density at radius 1 is 0.953 bits per heavy atom. The number of aliphatic hydroxyl groups is 5. The van der Waals surface area contributed by atoms with E-state index in [9.17, 15) is 25.2 Å². The van der Waals surface area contributed by atoms with E-state index < -0.39 is 36.6 Å². The van der Waals surface area contributed by atoms with Gasteiger partial charge in [0, 0.05) is 15.6 Å². The SMILES string of the molecule is O=c1[nH]c(N/N=C/[C@H](O)[C@@H](O)[C@H](O)[C@H](O)CO)nc2nc3c(c(-c4ccc(Cl)cc4)c12)CCC/C3=C\c1ccc(Cl)cc1. The summed E-state index contributed by atoms with van der Waals surface area (Å²) in [6, 6.07) is 14.7. The van der Waals surface area contributed by atoms with Crippen LogP contribution in [0.1, 0.15) is 29.7 Å². The molecule has 0 saturated carbocycles. The monoisotopic (exact) mass is 625 g/mol. The molecule has 11 nitrogen and oxygen atoms in total. The van der Waals surface area contributed by atoms with E-state index in [0.29, 0.717) is 27.4 Å². The molecule has 0 aliphatic heterocycles. The summed E-state index contributed by atoms with van der Waals surface area (Å²) in [5, 5.41) is 53.6. The Morgan fingerprint density at radius 2 is 1.63 bits per heavy atom. The minimum absolute atomic E-state index is 0.0834. The van der Waals surface area contributed by atoms with Gasteiger partial charge in [0.2, 0.25) is 5.95 Å². The second-order valence-electron chi connectivity index (χ2n) is 10.1. The maximum Gasteiger partial charge on any atom is 0.262 e. The number of hydrogen-bond acceptors (Lipinski definition) is 10. The van der Waals surface area contributed by atoms with E-state index in [2.05, 4.69) is 20.5 Å². The highest BCUT2D eigenvalue weighted by Crippen LogP contribution is 2.40. The highest BCUT2D eigenvalue weighted by Gasteiger charge is 2.29. The number of nitrogens with one attached hydrogen (secondary N) is 2. The van der Waals surface area contributed by atoms with E-state index in [4.69, 9.17) is 33.3 Å². The highest BCUT2D eigenvalue weighted by atomic mass is 35.5. The molecule has 0 spiro atoms. The van der Waals surface area contributed by atoms with Crippen molar-refractivity contribution in [2.75, 3.05) is 12.0 Å². The number of aromatic amines is 1. The number of anilines is 1. The van der Waals surface area contributed by atoms with Gasteiger partial charge in [-0.25, -0.2) is 10.4 Å². The van der Waals surface area contributed by atoms with Gasteiger partial charge in [0.25, 0.3) is 5.56 Å². The Hall–Kier alpha value is -3.68. The fourth-order valence-electron chi connectivity index (χ4n) is 4.98. The van der Waals surface area contributed by atoms with Crippen molar-refractivity contribution in [3.8, 4) is 11.1 Å². The summed E-state index contributed by atoms with van der Waals surface area (Å²) >= 11 is 12.2. The largest absolute Gasteiger partial charge is 0.394 e. The second kappa shape index (κ2) is 13.3. The van der Waals surface area contributed by atoms with Gasteiger partial charge in [-0.3, -0.25) is 9.78 Å². The lowest BCUT2D eigenvalue weighted by molar-refractivity contribution is -0.0999. The van der Waals surface area contributed by atoms with Crippen molar-refractivity contribution in [3.05, 3.63) is 85.8 Å². The van der Waals surface area contributed by atoms with Gasteiger partial charge in [-0.2, -0.15) is 10.1 Å². The first-order valence-electron chi connectivity index (χ1n) is 13.5. The normalized spacial score (nSPS) is 17.1. The van der Waals surface area contributed by atoms with E-state index >= 15 is 0 Å². The van der Waals surface area contributed by atoms with E-state index in [-0.39, 0.29) is 11.6 Å². The smallest absolute Gasteiger partial charge is 0.262 e.